The van der Waals surface area contributed by atoms with E-state index in [0.29, 0.717) is 29.8 Å². The smallest absolute Gasteiger partial charge is 0.309 e. The lowest BCUT2D eigenvalue weighted by atomic mass is 10.0. The maximum Gasteiger partial charge on any atom is 0.309 e. The lowest BCUT2D eigenvalue weighted by Gasteiger charge is -2.35. The Morgan fingerprint density at radius 3 is 2.26 bits per heavy atom. The largest absolute Gasteiger partial charge is 0.348 e. The van der Waals surface area contributed by atoms with Crippen molar-refractivity contribution < 1.29 is 22.4 Å². The second-order valence-corrected chi connectivity index (χ2v) is 10.7. The van der Waals surface area contributed by atoms with E-state index in [4.69, 9.17) is 0 Å². The highest BCUT2D eigenvalue weighted by atomic mass is 32.2. The Bertz CT molecular complexity index is 1130. The van der Waals surface area contributed by atoms with Crippen LogP contribution in [0.1, 0.15) is 47.9 Å². The van der Waals surface area contributed by atoms with Crippen LogP contribution in [0.25, 0.3) is 0 Å². The van der Waals surface area contributed by atoms with E-state index in [1.165, 1.54) is 24.3 Å². The number of sulfonamides is 1. The minimum atomic E-state index is -3.68. The van der Waals surface area contributed by atoms with Crippen LogP contribution in [0, 0.1) is 26.6 Å². The van der Waals surface area contributed by atoms with Gasteiger partial charge in [-0.3, -0.25) is 9.59 Å². The second kappa shape index (κ2) is 11.1. The van der Waals surface area contributed by atoms with Gasteiger partial charge in [0.25, 0.3) is 0 Å². The van der Waals surface area contributed by atoms with E-state index >= 15 is 0 Å². The molecule has 0 saturated carbocycles. The fourth-order valence-corrected chi connectivity index (χ4v) is 6.71. The van der Waals surface area contributed by atoms with Gasteiger partial charge in [-0.1, -0.05) is 36.2 Å². The van der Waals surface area contributed by atoms with Gasteiger partial charge in [-0.15, -0.1) is 0 Å². The van der Waals surface area contributed by atoms with Crippen LogP contribution in [0.4, 0.5) is 4.39 Å². The number of carbonyl (C=O) groups is 2. The van der Waals surface area contributed by atoms with E-state index in [2.05, 4.69) is 10.6 Å². The summed E-state index contributed by atoms with van der Waals surface area (Å²) in [5.74, 6) is -1.94. The van der Waals surface area contributed by atoms with Gasteiger partial charge in [0.1, 0.15) is 5.82 Å². The van der Waals surface area contributed by atoms with Gasteiger partial charge in [0.05, 0.1) is 4.90 Å². The van der Waals surface area contributed by atoms with E-state index in [9.17, 15) is 22.4 Å². The van der Waals surface area contributed by atoms with Gasteiger partial charge in [0.2, 0.25) is 10.0 Å². The monoisotopic (exact) mass is 489 g/mol. The first-order valence-electron chi connectivity index (χ1n) is 11.5. The van der Waals surface area contributed by atoms with Gasteiger partial charge in [-0.05, 0) is 68.9 Å². The molecule has 7 nitrogen and oxygen atoms in total. The molecule has 1 saturated heterocycles. The lowest BCUT2D eigenvalue weighted by Crippen LogP contribution is -2.46. The number of benzene rings is 2. The van der Waals surface area contributed by atoms with Crippen LogP contribution in [0.15, 0.2) is 41.3 Å². The van der Waals surface area contributed by atoms with Crippen molar-refractivity contribution in [1.82, 2.24) is 14.9 Å². The summed E-state index contributed by atoms with van der Waals surface area (Å²) in [5.41, 5.74) is 3.15. The molecule has 3 rings (SSSR count). The van der Waals surface area contributed by atoms with Crippen molar-refractivity contribution in [2.75, 3.05) is 13.1 Å². The Kier molecular flexibility index (Phi) is 8.43. The van der Waals surface area contributed by atoms with Gasteiger partial charge in [-0.2, -0.15) is 4.31 Å². The lowest BCUT2D eigenvalue weighted by molar-refractivity contribution is -0.139. The van der Waals surface area contributed by atoms with Crippen molar-refractivity contribution >= 4 is 21.8 Å². The van der Waals surface area contributed by atoms with Crippen LogP contribution < -0.4 is 10.6 Å². The molecule has 1 aliphatic rings. The van der Waals surface area contributed by atoms with Crippen LogP contribution in [0.2, 0.25) is 0 Å². The molecule has 2 aromatic carbocycles. The topological polar surface area (TPSA) is 95.6 Å². The maximum absolute atomic E-state index is 13.5. The SMILES string of the molecule is Cc1cc(C)c(S(=O)(=O)N2CCCC[C@@H]2CCNC(=O)C(=O)NCc2ccc(F)cc2)c(C)c1. The molecule has 1 heterocycles. The predicted molar refractivity (Wildman–Crippen MR) is 128 cm³/mol. The summed E-state index contributed by atoms with van der Waals surface area (Å²) in [5, 5.41) is 5.08. The number of rotatable bonds is 7. The molecule has 0 aliphatic carbocycles. The number of piperidine rings is 1. The highest BCUT2D eigenvalue weighted by Crippen LogP contribution is 2.31. The van der Waals surface area contributed by atoms with E-state index in [1.54, 1.807) is 4.31 Å². The molecule has 2 aromatic rings. The first-order valence-corrected chi connectivity index (χ1v) is 12.9. The summed E-state index contributed by atoms with van der Waals surface area (Å²) in [4.78, 5) is 24.6. The molecule has 0 radical (unpaired) electrons. The number of aryl methyl sites for hydroxylation is 3. The summed E-state index contributed by atoms with van der Waals surface area (Å²) in [6.07, 6.45) is 2.82. The molecule has 9 heteroatoms. The van der Waals surface area contributed by atoms with Gasteiger partial charge in [-0.25, -0.2) is 12.8 Å². The number of nitrogens with zero attached hydrogens (tertiary/aromatic N) is 1. The highest BCUT2D eigenvalue weighted by Gasteiger charge is 2.35. The maximum atomic E-state index is 13.5. The zero-order chi connectivity index (χ0) is 24.9. The number of amides is 2. The number of nitrogens with one attached hydrogen (secondary N) is 2. The average molecular weight is 490 g/mol. The Hall–Kier alpha value is -2.78. The summed E-state index contributed by atoms with van der Waals surface area (Å²) < 4.78 is 41.6. The Morgan fingerprint density at radius 1 is 1.00 bits per heavy atom. The third-order valence-corrected chi connectivity index (χ3v) is 8.34. The van der Waals surface area contributed by atoms with Crippen LogP contribution in [0.5, 0.6) is 0 Å². The summed E-state index contributed by atoms with van der Waals surface area (Å²) in [6, 6.07) is 9.14. The fourth-order valence-electron chi connectivity index (χ4n) is 4.57. The van der Waals surface area contributed by atoms with E-state index < -0.39 is 21.8 Å². The number of hydrogen-bond acceptors (Lipinski definition) is 4. The van der Waals surface area contributed by atoms with Crippen molar-refractivity contribution in [3.8, 4) is 0 Å². The molecular formula is C25H32FN3O4S. The van der Waals surface area contributed by atoms with Crippen molar-refractivity contribution in [3.05, 3.63) is 64.5 Å². The third-order valence-electron chi connectivity index (χ3n) is 6.08. The molecule has 1 aliphatic heterocycles. The molecule has 184 valence electrons. The van der Waals surface area contributed by atoms with Crippen LogP contribution in [-0.2, 0) is 26.2 Å². The van der Waals surface area contributed by atoms with Crippen LogP contribution in [-0.4, -0.2) is 43.7 Å². The quantitative estimate of drug-likeness (QED) is 0.584. The zero-order valence-electron chi connectivity index (χ0n) is 19.9. The minimum absolute atomic E-state index is 0.108. The standard InChI is InChI=1S/C25H32FN3O4S/c1-17-14-18(2)23(19(3)15-17)34(32,33)29-13-5-4-6-22(29)11-12-27-24(30)25(31)28-16-20-7-9-21(26)10-8-20/h7-10,14-15,22H,4-6,11-13,16H2,1-3H3,(H,27,30)(H,28,31)/t22-/m1/s1. The minimum Gasteiger partial charge on any atom is -0.348 e. The molecule has 1 atom stereocenters. The molecular weight excluding hydrogens is 457 g/mol. The molecule has 2 amide bonds. The molecule has 1 fully saturated rings. The van der Waals surface area contributed by atoms with Gasteiger partial charge in [0, 0.05) is 25.7 Å². The first kappa shape index (κ1) is 25.8. The average Bonchev–Trinajstić information content (AvgIpc) is 2.77. The molecule has 0 bridgehead atoms. The third kappa shape index (κ3) is 6.21. The van der Waals surface area contributed by atoms with Crippen LogP contribution >= 0.6 is 0 Å². The Balaban J connectivity index is 1.58. The van der Waals surface area contributed by atoms with Crippen molar-refractivity contribution in [1.29, 1.82) is 0 Å². The molecule has 0 spiro atoms. The molecule has 2 N–H and O–H groups in total. The van der Waals surface area contributed by atoms with Crippen molar-refractivity contribution in [3.63, 3.8) is 0 Å². The number of carbonyl (C=O) groups excluding carboxylic acids is 2. The molecule has 0 aromatic heterocycles. The first-order chi connectivity index (χ1) is 16.1. The fraction of sp³-hybridized carbons (Fsp3) is 0.440. The molecule has 0 unspecified atom stereocenters. The van der Waals surface area contributed by atoms with Gasteiger partial charge < -0.3 is 10.6 Å². The van der Waals surface area contributed by atoms with Crippen molar-refractivity contribution in [2.24, 2.45) is 0 Å². The highest BCUT2D eigenvalue weighted by molar-refractivity contribution is 7.89. The van der Waals surface area contributed by atoms with E-state index in [-0.39, 0.29) is 24.9 Å². The van der Waals surface area contributed by atoms with Crippen molar-refractivity contribution in [2.45, 2.75) is 63.9 Å². The Labute approximate surface area is 200 Å². The van der Waals surface area contributed by atoms with Crippen LogP contribution in [0.3, 0.4) is 0 Å². The number of halogens is 1. The Morgan fingerprint density at radius 2 is 1.62 bits per heavy atom. The van der Waals surface area contributed by atoms with E-state index in [0.717, 1.165) is 29.5 Å². The zero-order valence-corrected chi connectivity index (χ0v) is 20.7. The second-order valence-electron chi connectivity index (χ2n) is 8.85. The summed E-state index contributed by atoms with van der Waals surface area (Å²) in [7, 11) is -3.68. The number of hydrogen-bond donors (Lipinski definition) is 2. The van der Waals surface area contributed by atoms with Gasteiger partial charge in [0.15, 0.2) is 0 Å². The normalized spacial score (nSPS) is 16.8. The van der Waals surface area contributed by atoms with Gasteiger partial charge >= 0.3 is 11.8 Å². The summed E-state index contributed by atoms with van der Waals surface area (Å²) in [6.45, 7) is 6.31. The predicted octanol–water partition coefficient (Wildman–Crippen LogP) is 3.12. The summed E-state index contributed by atoms with van der Waals surface area (Å²) >= 11 is 0. The molecule has 34 heavy (non-hydrogen) atoms. The van der Waals surface area contributed by atoms with E-state index in [1.807, 2.05) is 32.9 Å².